The van der Waals surface area contributed by atoms with E-state index < -0.39 is 5.91 Å². The number of benzene rings is 1. The first-order valence-electron chi connectivity index (χ1n) is 8.52. The summed E-state index contributed by atoms with van der Waals surface area (Å²) in [5.41, 5.74) is 0.720. The van der Waals surface area contributed by atoms with Gasteiger partial charge in [-0.05, 0) is 38.0 Å². The number of rotatable bonds is 5. The fourth-order valence-electron chi connectivity index (χ4n) is 2.83. The first-order valence-corrected chi connectivity index (χ1v) is 9.71. The predicted octanol–water partition coefficient (Wildman–Crippen LogP) is 3.59. The van der Waals surface area contributed by atoms with Crippen molar-refractivity contribution >= 4 is 45.6 Å². The Labute approximate surface area is 165 Å². The van der Waals surface area contributed by atoms with Crippen molar-refractivity contribution in [3.05, 3.63) is 33.8 Å². The summed E-state index contributed by atoms with van der Waals surface area (Å²) in [5.74, 6) is -0.660. The van der Waals surface area contributed by atoms with Crippen LogP contribution in [0.5, 0.6) is 5.75 Å². The van der Waals surface area contributed by atoms with Gasteiger partial charge in [-0.1, -0.05) is 22.9 Å². The second-order valence-electron chi connectivity index (χ2n) is 6.29. The van der Waals surface area contributed by atoms with Crippen molar-refractivity contribution in [1.82, 2.24) is 4.98 Å². The zero-order valence-electron chi connectivity index (χ0n) is 15.0. The molecule has 1 aromatic carbocycles. The van der Waals surface area contributed by atoms with Crippen LogP contribution in [0.2, 0.25) is 5.02 Å². The van der Waals surface area contributed by atoms with Gasteiger partial charge in [-0.15, -0.1) is 0 Å². The largest absolute Gasteiger partial charge is 0.506 e. The maximum absolute atomic E-state index is 12.6. The van der Waals surface area contributed by atoms with Gasteiger partial charge in [-0.2, -0.15) is 0 Å². The van der Waals surface area contributed by atoms with Gasteiger partial charge in [0.2, 0.25) is 5.91 Å². The molecule has 2 N–H and O–H groups in total. The minimum atomic E-state index is -0.422. The van der Waals surface area contributed by atoms with Crippen LogP contribution in [0.1, 0.15) is 35.1 Å². The van der Waals surface area contributed by atoms with Gasteiger partial charge in [-0.25, -0.2) is 4.98 Å². The van der Waals surface area contributed by atoms with Gasteiger partial charge in [0.25, 0.3) is 5.91 Å². The van der Waals surface area contributed by atoms with E-state index >= 15 is 0 Å². The lowest BCUT2D eigenvalue weighted by atomic mass is 10.2. The topological polar surface area (TPSA) is 91.8 Å². The third-order valence-corrected chi connectivity index (χ3v) is 5.63. The van der Waals surface area contributed by atoms with Gasteiger partial charge in [0, 0.05) is 18.6 Å². The molecule has 2 heterocycles. The fraction of sp³-hybridized carbons (Fsp3) is 0.389. The Hall–Kier alpha value is -2.16. The molecule has 0 aliphatic carbocycles. The van der Waals surface area contributed by atoms with E-state index in [1.54, 1.807) is 11.8 Å². The number of anilines is 2. The van der Waals surface area contributed by atoms with Gasteiger partial charge >= 0.3 is 0 Å². The van der Waals surface area contributed by atoms with E-state index in [4.69, 9.17) is 16.3 Å². The maximum atomic E-state index is 12.6. The Morgan fingerprint density at radius 2 is 2.26 bits per heavy atom. The molecular weight excluding hydrogens is 390 g/mol. The van der Waals surface area contributed by atoms with E-state index in [0.717, 1.165) is 24.2 Å². The number of aromatic nitrogens is 1. The summed E-state index contributed by atoms with van der Waals surface area (Å²) in [6, 6.07) is 4.39. The molecule has 0 radical (unpaired) electrons. The molecule has 1 aliphatic rings. The molecule has 1 saturated heterocycles. The highest BCUT2D eigenvalue weighted by molar-refractivity contribution is 7.17. The van der Waals surface area contributed by atoms with E-state index in [1.807, 2.05) is 0 Å². The Bertz CT molecular complexity index is 864. The van der Waals surface area contributed by atoms with Crippen LogP contribution >= 0.6 is 22.9 Å². The molecular formula is C18H20ClN3O4S. The van der Waals surface area contributed by atoms with Crippen LogP contribution in [0.3, 0.4) is 0 Å². The smallest absolute Gasteiger partial charge is 0.267 e. The first kappa shape index (κ1) is 19.6. The second-order valence-corrected chi connectivity index (χ2v) is 7.71. The van der Waals surface area contributed by atoms with E-state index in [9.17, 15) is 14.7 Å². The predicted molar refractivity (Wildman–Crippen MR) is 105 cm³/mol. The number of aromatic hydroxyl groups is 1. The van der Waals surface area contributed by atoms with Crippen LogP contribution in [0, 0.1) is 6.92 Å². The average molecular weight is 410 g/mol. The Kier molecular flexibility index (Phi) is 5.98. The Morgan fingerprint density at radius 1 is 1.48 bits per heavy atom. The van der Waals surface area contributed by atoms with Crippen LogP contribution in [0.25, 0.3) is 0 Å². The number of aryl methyl sites for hydroxylation is 1. The van der Waals surface area contributed by atoms with E-state index in [2.05, 4.69) is 10.3 Å². The number of thiazole rings is 1. The standard InChI is InChI=1S/C18H20ClN3O4S/c1-10-16(17(25)21-14-8-12(19)5-6-15(14)24)27-18(20-10)22(11(2)23)9-13-4-3-7-26-13/h5-6,8,13,24H,3-4,7,9H2,1-2H3,(H,21,25). The summed E-state index contributed by atoms with van der Waals surface area (Å²) in [4.78, 5) is 31.0. The van der Waals surface area contributed by atoms with Crippen LogP contribution in [-0.2, 0) is 9.53 Å². The third kappa shape index (κ3) is 4.58. The molecule has 144 valence electrons. The molecule has 27 heavy (non-hydrogen) atoms. The van der Waals surface area contributed by atoms with Crippen molar-refractivity contribution in [1.29, 1.82) is 0 Å². The average Bonchev–Trinajstić information content (AvgIpc) is 3.25. The number of phenols is 1. The van der Waals surface area contributed by atoms with Gasteiger partial charge < -0.3 is 15.2 Å². The normalized spacial score (nSPS) is 16.3. The van der Waals surface area contributed by atoms with Crippen LogP contribution in [0.4, 0.5) is 10.8 Å². The summed E-state index contributed by atoms with van der Waals surface area (Å²) in [7, 11) is 0. The molecule has 1 fully saturated rings. The summed E-state index contributed by atoms with van der Waals surface area (Å²) in [6.45, 7) is 4.29. The van der Waals surface area contributed by atoms with Crippen LogP contribution in [0.15, 0.2) is 18.2 Å². The van der Waals surface area contributed by atoms with Gasteiger partial charge in [0.15, 0.2) is 5.13 Å². The van der Waals surface area contributed by atoms with Crippen LogP contribution in [-0.4, -0.2) is 41.2 Å². The monoisotopic (exact) mass is 409 g/mol. The number of ether oxygens (including phenoxy) is 1. The molecule has 2 aromatic rings. The first-order chi connectivity index (χ1) is 12.8. The van der Waals surface area contributed by atoms with Crippen molar-refractivity contribution in [3.63, 3.8) is 0 Å². The third-order valence-electron chi connectivity index (χ3n) is 4.22. The minimum Gasteiger partial charge on any atom is -0.506 e. The molecule has 1 aromatic heterocycles. The van der Waals surface area contributed by atoms with Crippen LogP contribution < -0.4 is 10.2 Å². The molecule has 0 spiro atoms. The molecule has 2 amide bonds. The highest BCUT2D eigenvalue weighted by Gasteiger charge is 2.26. The fourth-order valence-corrected chi connectivity index (χ4v) is 4.02. The number of hydrogen-bond acceptors (Lipinski definition) is 6. The lowest BCUT2D eigenvalue weighted by Gasteiger charge is -2.21. The van der Waals surface area contributed by atoms with Gasteiger partial charge in [0.05, 0.1) is 24.0 Å². The zero-order chi connectivity index (χ0) is 19.6. The molecule has 3 rings (SSSR count). The van der Waals surface area contributed by atoms with E-state index in [0.29, 0.717) is 33.9 Å². The van der Waals surface area contributed by atoms with E-state index in [-0.39, 0.29) is 23.4 Å². The quantitative estimate of drug-likeness (QED) is 0.736. The molecule has 0 saturated carbocycles. The maximum Gasteiger partial charge on any atom is 0.267 e. The number of nitrogens with one attached hydrogen (secondary N) is 1. The second kappa shape index (κ2) is 8.24. The summed E-state index contributed by atoms with van der Waals surface area (Å²) in [6.07, 6.45) is 1.86. The van der Waals surface area contributed by atoms with Crippen molar-refractivity contribution in [3.8, 4) is 5.75 Å². The number of nitrogens with zero attached hydrogens (tertiary/aromatic N) is 2. The van der Waals surface area contributed by atoms with Gasteiger partial charge in [-0.3, -0.25) is 14.5 Å². The lowest BCUT2D eigenvalue weighted by Crippen LogP contribution is -2.35. The number of carbonyl (C=O) groups is 2. The van der Waals surface area contributed by atoms with Crippen molar-refractivity contribution in [2.75, 3.05) is 23.4 Å². The highest BCUT2D eigenvalue weighted by atomic mass is 35.5. The number of hydrogen-bond donors (Lipinski definition) is 2. The highest BCUT2D eigenvalue weighted by Crippen LogP contribution is 2.31. The minimum absolute atomic E-state index is 0.0150. The lowest BCUT2D eigenvalue weighted by molar-refractivity contribution is -0.116. The molecule has 9 heteroatoms. The Balaban J connectivity index is 1.80. The number of amides is 2. The molecule has 1 atom stereocenters. The van der Waals surface area contributed by atoms with Crippen molar-refractivity contribution < 1.29 is 19.4 Å². The summed E-state index contributed by atoms with van der Waals surface area (Å²) in [5, 5.41) is 13.4. The molecule has 0 bridgehead atoms. The van der Waals surface area contributed by atoms with Crippen molar-refractivity contribution in [2.45, 2.75) is 32.8 Å². The molecule has 1 unspecified atom stereocenters. The number of phenolic OH excluding ortho intramolecular Hbond substituents is 1. The van der Waals surface area contributed by atoms with Crippen molar-refractivity contribution in [2.24, 2.45) is 0 Å². The van der Waals surface area contributed by atoms with Gasteiger partial charge in [0.1, 0.15) is 10.6 Å². The summed E-state index contributed by atoms with van der Waals surface area (Å²) < 4.78 is 5.61. The number of halogens is 1. The Morgan fingerprint density at radius 3 is 2.93 bits per heavy atom. The number of carbonyl (C=O) groups excluding carboxylic acids is 2. The zero-order valence-corrected chi connectivity index (χ0v) is 16.6. The summed E-state index contributed by atoms with van der Waals surface area (Å²) >= 11 is 7.04. The van der Waals surface area contributed by atoms with E-state index in [1.165, 1.54) is 25.1 Å². The molecule has 1 aliphatic heterocycles. The SMILES string of the molecule is CC(=O)N(CC1CCCO1)c1nc(C)c(C(=O)Nc2cc(Cl)ccc2O)s1. The molecule has 7 nitrogen and oxygen atoms in total.